The number of hydrogen-bond acceptors (Lipinski definition) is 4. The van der Waals surface area contributed by atoms with E-state index < -0.39 is 0 Å². The molecule has 0 aliphatic carbocycles. The summed E-state index contributed by atoms with van der Waals surface area (Å²) in [6, 6.07) is 30.3. The number of halogens is 1. The number of anilines is 2. The first kappa shape index (κ1) is 26.6. The monoisotopic (exact) mass is 529 g/mol. The summed E-state index contributed by atoms with van der Waals surface area (Å²) in [5.74, 6) is 1.79. The van der Waals surface area contributed by atoms with Crippen LogP contribution in [0.3, 0.4) is 0 Å². The van der Waals surface area contributed by atoms with Crippen LogP contribution in [-0.4, -0.2) is 32.1 Å². The number of para-hydroxylation sites is 1. The van der Waals surface area contributed by atoms with E-state index in [0.29, 0.717) is 53.0 Å². The van der Waals surface area contributed by atoms with E-state index in [-0.39, 0.29) is 11.9 Å². The Morgan fingerprint density at radius 1 is 0.816 bits per heavy atom. The van der Waals surface area contributed by atoms with Gasteiger partial charge in [0.25, 0.3) is 5.91 Å². The maximum Gasteiger partial charge on any atom is 0.326 e. The number of nitrogens with zero attached hydrogens (tertiary/aromatic N) is 1. The molecule has 0 heterocycles. The van der Waals surface area contributed by atoms with Gasteiger partial charge in [-0.25, -0.2) is 4.79 Å². The Morgan fingerprint density at radius 3 is 2.21 bits per heavy atom. The highest BCUT2D eigenvalue weighted by Gasteiger charge is 2.17. The molecule has 2 N–H and O–H groups in total. The number of hydrogen-bond donors (Lipinski definition) is 2. The second-order valence-corrected chi connectivity index (χ2v) is 8.78. The lowest BCUT2D eigenvalue weighted by Crippen LogP contribution is -2.37. The topological polar surface area (TPSA) is 79.9 Å². The number of carbonyl (C=O) groups excluding carboxylic acids is 2. The van der Waals surface area contributed by atoms with Gasteiger partial charge in [-0.15, -0.1) is 0 Å². The summed E-state index contributed by atoms with van der Waals surface area (Å²) in [6.07, 6.45) is 0.534. The van der Waals surface area contributed by atoms with E-state index >= 15 is 0 Å². The van der Waals surface area contributed by atoms with Gasteiger partial charge in [0.15, 0.2) is 0 Å². The zero-order valence-electron chi connectivity index (χ0n) is 20.9. The zero-order chi connectivity index (χ0) is 26.7. The number of carbonyl (C=O) groups is 2. The van der Waals surface area contributed by atoms with Crippen LogP contribution in [0.1, 0.15) is 16.8 Å². The smallest absolute Gasteiger partial charge is 0.326 e. The van der Waals surface area contributed by atoms with Crippen molar-refractivity contribution in [2.75, 3.05) is 30.4 Å². The van der Waals surface area contributed by atoms with Crippen LogP contribution < -0.4 is 25.0 Å². The first-order valence-corrected chi connectivity index (χ1v) is 12.5. The molecule has 3 amide bonds. The molecule has 0 bridgehead atoms. The molecule has 4 rings (SSSR count). The third kappa shape index (κ3) is 7.51. The van der Waals surface area contributed by atoms with Crippen molar-refractivity contribution >= 4 is 34.9 Å². The van der Waals surface area contributed by atoms with Crippen LogP contribution in [0, 0.1) is 0 Å². The van der Waals surface area contributed by atoms with Crippen molar-refractivity contribution < 1.29 is 19.1 Å². The van der Waals surface area contributed by atoms with Crippen LogP contribution >= 0.6 is 11.6 Å². The maximum atomic E-state index is 13.2. The van der Waals surface area contributed by atoms with Gasteiger partial charge >= 0.3 is 6.03 Å². The number of ether oxygens (including phenoxy) is 2. The normalized spacial score (nSPS) is 10.4. The zero-order valence-corrected chi connectivity index (χ0v) is 21.7. The lowest BCUT2D eigenvalue weighted by atomic mass is 10.2. The van der Waals surface area contributed by atoms with Crippen molar-refractivity contribution in [2.24, 2.45) is 0 Å². The van der Waals surface area contributed by atoms with E-state index in [1.165, 1.54) is 0 Å². The maximum absolute atomic E-state index is 13.2. The summed E-state index contributed by atoms with van der Waals surface area (Å²) in [6.45, 7) is 0.757. The molecule has 194 valence electrons. The van der Waals surface area contributed by atoms with E-state index in [9.17, 15) is 9.59 Å². The van der Waals surface area contributed by atoms with Crippen LogP contribution in [0.4, 0.5) is 16.2 Å². The molecule has 0 aromatic heterocycles. The second kappa shape index (κ2) is 13.2. The van der Waals surface area contributed by atoms with E-state index in [1.807, 2.05) is 54.6 Å². The van der Waals surface area contributed by atoms with Gasteiger partial charge < -0.3 is 20.1 Å². The van der Waals surface area contributed by atoms with Crippen molar-refractivity contribution in [3.05, 3.63) is 114 Å². The minimum atomic E-state index is -0.303. The third-order valence-corrected chi connectivity index (χ3v) is 5.90. The largest absolute Gasteiger partial charge is 0.497 e. The minimum Gasteiger partial charge on any atom is -0.497 e. The first-order chi connectivity index (χ1) is 18.5. The highest BCUT2D eigenvalue weighted by molar-refractivity contribution is 6.30. The SMILES string of the molecule is COc1cccc(C(=O)NCCCN(C(=O)Nc2ccc(Cl)cc2)c2ccc(Oc3ccccc3)cc2)c1. The van der Waals surface area contributed by atoms with Crippen LogP contribution in [0.15, 0.2) is 103 Å². The first-order valence-electron chi connectivity index (χ1n) is 12.1. The van der Waals surface area contributed by atoms with Gasteiger partial charge in [0.1, 0.15) is 17.2 Å². The fraction of sp³-hybridized carbons (Fsp3) is 0.133. The molecular formula is C30H28ClN3O4. The molecule has 4 aromatic carbocycles. The van der Waals surface area contributed by atoms with Crippen molar-refractivity contribution in [1.29, 1.82) is 0 Å². The standard InChI is InChI=1S/C30H28ClN3O4/c1-37-28-10-5-7-22(21-28)29(35)32-19-6-20-34(30(36)33-24-13-11-23(31)12-14-24)25-15-17-27(18-16-25)38-26-8-3-2-4-9-26/h2-5,7-18,21H,6,19-20H2,1H3,(H,32,35)(H,33,36). The molecule has 0 saturated carbocycles. The predicted octanol–water partition coefficient (Wildman–Crippen LogP) is 7.00. The van der Waals surface area contributed by atoms with E-state index in [1.54, 1.807) is 60.5 Å². The fourth-order valence-corrected chi connectivity index (χ4v) is 3.82. The van der Waals surface area contributed by atoms with E-state index in [2.05, 4.69) is 10.6 Å². The molecular weight excluding hydrogens is 502 g/mol. The van der Waals surface area contributed by atoms with Gasteiger partial charge in [-0.3, -0.25) is 9.69 Å². The molecule has 0 fully saturated rings. The number of nitrogens with one attached hydrogen (secondary N) is 2. The van der Waals surface area contributed by atoms with Crippen LogP contribution in [-0.2, 0) is 0 Å². The van der Waals surface area contributed by atoms with Gasteiger partial charge in [0.05, 0.1) is 7.11 Å². The molecule has 38 heavy (non-hydrogen) atoms. The van der Waals surface area contributed by atoms with Gasteiger partial charge in [-0.1, -0.05) is 35.9 Å². The van der Waals surface area contributed by atoms with Gasteiger partial charge in [0, 0.05) is 35.1 Å². The molecule has 0 spiro atoms. The van der Waals surface area contributed by atoms with Crippen LogP contribution in [0.5, 0.6) is 17.2 Å². The molecule has 7 nitrogen and oxygen atoms in total. The van der Waals surface area contributed by atoms with Crippen LogP contribution in [0.25, 0.3) is 0 Å². The summed E-state index contributed by atoms with van der Waals surface area (Å²) >= 11 is 5.97. The highest BCUT2D eigenvalue weighted by atomic mass is 35.5. The minimum absolute atomic E-state index is 0.205. The van der Waals surface area contributed by atoms with Crippen LogP contribution in [0.2, 0.25) is 5.02 Å². The number of urea groups is 1. The molecule has 0 aliphatic heterocycles. The van der Waals surface area contributed by atoms with Gasteiger partial charge in [-0.2, -0.15) is 0 Å². The summed E-state index contributed by atoms with van der Waals surface area (Å²) in [7, 11) is 1.56. The average molecular weight is 530 g/mol. The van der Waals surface area contributed by atoms with Crippen molar-refractivity contribution in [3.8, 4) is 17.2 Å². The summed E-state index contributed by atoms with van der Waals surface area (Å²) in [4.78, 5) is 27.4. The Bertz CT molecular complexity index is 1350. The Hall–Kier alpha value is -4.49. The lowest BCUT2D eigenvalue weighted by Gasteiger charge is -2.24. The fourth-order valence-electron chi connectivity index (χ4n) is 3.70. The number of methoxy groups -OCH3 is 1. The summed E-state index contributed by atoms with van der Waals surface area (Å²) in [5, 5.41) is 6.39. The molecule has 0 radical (unpaired) electrons. The highest BCUT2D eigenvalue weighted by Crippen LogP contribution is 2.25. The number of amides is 3. The molecule has 0 aliphatic rings. The predicted molar refractivity (Wildman–Crippen MR) is 151 cm³/mol. The molecule has 4 aromatic rings. The molecule has 8 heteroatoms. The quantitative estimate of drug-likeness (QED) is 0.217. The second-order valence-electron chi connectivity index (χ2n) is 8.34. The summed E-state index contributed by atoms with van der Waals surface area (Å²) < 4.78 is 11.1. The van der Waals surface area contributed by atoms with E-state index in [4.69, 9.17) is 21.1 Å². The van der Waals surface area contributed by atoms with Crippen molar-refractivity contribution in [1.82, 2.24) is 5.32 Å². The Kier molecular flexibility index (Phi) is 9.21. The van der Waals surface area contributed by atoms with Crippen molar-refractivity contribution in [2.45, 2.75) is 6.42 Å². The lowest BCUT2D eigenvalue weighted by molar-refractivity contribution is 0.0953. The molecule has 0 saturated heterocycles. The average Bonchev–Trinajstić information content (AvgIpc) is 2.95. The molecule has 0 atom stereocenters. The number of benzene rings is 4. The Balaban J connectivity index is 1.42. The Morgan fingerprint density at radius 2 is 1.50 bits per heavy atom. The number of rotatable bonds is 10. The summed E-state index contributed by atoms with van der Waals surface area (Å²) in [5.41, 5.74) is 1.83. The third-order valence-electron chi connectivity index (χ3n) is 5.64. The molecule has 0 unspecified atom stereocenters. The Labute approximate surface area is 227 Å². The van der Waals surface area contributed by atoms with E-state index in [0.717, 1.165) is 5.75 Å². The van der Waals surface area contributed by atoms with Crippen molar-refractivity contribution in [3.63, 3.8) is 0 Å². The van der Waals surface area contributed by atoms with Gasteiger partial charge in [-0.05, 0) is 85.3 Å². The van der Waals surface area contributed by atoms with Gasteiger partial charge in [0.2, 0.25) is 0 Å².